The van der Waals surface area contributed by atoms with Crippen molar-refractivity contribution in [2.45, 2.75) is 46.6 Å². The molecule has 14 heavy (non-hydrogen) atoms. The second-order valence-corrected chi connectivity index (χ2v) is 3.89. The maximum atomic E-state index is 10.8. The van der Waals surface area contributed by atoms with Crippen LogP contribution >= 0.6 is 0 Å². The van der Waals surface area contributed by atoms with Gasteiger partial charge in [-0.2, -0.15) is 0 Å². The van der Waals surface area contributed by atoms with Gasteiger partial charge in [0, 0.05) is 0 Å². The number of carbonyl (C=O) groups is 1. The maximum absolute atomic E-state index is 10.8. The maximum Gasteiger partial charge on any atom is 0.162 e. The predicted molar refractivity (Wildman–Crippen MR) is 59.1 cm³/mol. The molecule has 0 heterocycles. The van der Waals surface area contributed by atoms with E-state index in [2.05, 4.69) is 19.9 Å². The fourth-order valence-corrected chi connectivity index (χ4v) is 1.06. The second-order valence-electron chi connectivity index (χ2n) is 3.89. The topological polar surface area (TPSA) is 37.3 Å². The first-order valence-electron chi connectivity index (χ1n) is 4.92. The minimum absolute atomic E-state index is 0.202. The molecule has 0 unspecified atom stereocenters. The molecule has 0 rings (SSSR count). The van der Waals surface area contributed by atoms with Crippen molar-refractivity contribution in [3.63, 3.8) is 0 Å². The van der Waals surface area contributed by atoms with Crippen LogP contribution in [0.25, 0.3) is 0 Å². The van der Waals surface area contributed by atoms with Crippen LogP contribution in [-0.2, 0) is 4.79 Å². The van der Waals surface area contributed by atoms with Gasteiger partial charge in [0.1, 0.15) is 6.10 Å². The SMILES string of the molecule is CC(=O)[C@H](O)/C=C(/C)CCC=C(C)C. The molecule has 0 saturated carbocycles. The van der Waals surface area contributed by atoms with Crippen molar-refractivity contribution < 1.29 is 9.90 Å². The lowest BCUT2D eigenvalue weighted by Gasteiger charge is -2.03. The second kappa shape index (κ2) is 6.55. The van der Waals surface area contributed by atoms with Gasteiger partial charge in [-0.05, 0) is 46.6 Å². The molecule has 1 atom stereocenters. The number of aliphatic hydroxyl groups is 1. The first-order chi connectivity index (χ1) is 6.43. The van der Waals surface area contributed by atoms with Crippen LogP contribution in [0.1, 0.15) is 40.5 Å². The minimum Gasteiger partial charge on any atom is -0.381 e. The molecular formula is C12H20O2. The number of ketones is 1. The summed E-state index contributed by atoms with van der Waals surface area (Å²) >= 11 is 0. The zero-order valence-corrected chi connectivity index (χ0v) is 9.50. The summed E-state index contributed by atoms with van der Waals surface area (Å²) in [6.45, 7) is 7.45. The van der Waals surface area contributed by atoms with Gasteiger partial charge >= 0.3 is 0 Å². The van der Waals surface area contributed by atoms with Crippen LogP contribution in [0.4, 0.5) is 0 Å². The average molecular weight is 196 g/mol. The Morgan fingerprint density at radius 3 is 2.29 bits per heavy atom. The van der Waals surface area contributed by atoms with Gasteiger partial charge in [-0.25, -0.2) is 0 Å². The van der Waals surface area contributed by atoms with E-state index in [1.165, 1.54) is 12.5 Å². The Hall–Kier alpha value is -0.890. The van der Waals surface area contributed by atoms with Crippen LogP contribution in [-0.4, -0.2) is 17.0 Å². The van der Waals surface area contributed by atoms with Crippen LogP contribution in [0, 0.1) is 0 Å². The highest BCUT2D eigenvalue weighted by Gasteiger charge is 2.05. The van der Waals surface area contributed by atoms with Crippen molar-refractivity contribution in [1.29, 1.82) is 0 Å². The molecule has 0 aromatic rings. The third-order valence-electron chi connectivity index (χ3n) is 1.95. The van der Waals surface area contributed by atoms with E-state index in [1.807, 2.05) is 6.92 Å². The van der Waals surface area contributed by atoms with Crippen molar-refractivity contribution in [3.8, 4) is 0 Å². The van der Waals surface area contributed by atoms with E-state index in [1.54, 1.807) is 6.08 Å². The number of hydrogen-bond donors (Lipinski definition) is 1. The van der Waals surface area contributed by atoms with Crippen molar-refractivity contribution in [2.75, 3.05) is 0 Å². The molecule has 0 aliphatic rings. The number of Topliss-reactive ketones (excluding diaryl/α,β-unsaturated/α-hetero) is 1. The Bertz CT molecular complexity index is 245. The van der Waals surface area contributed by atoms with Gasteiger partial charge in [0.2, 0.25) is 0 Å². The Labute approximate surface area is 86.3 Å². The molecule has 0 aromatic heterocycles. The van der Waals surface area contributed by atoms with Crippen LogP contribution in [0.3, 0.4) is 0 Å². The number of allylic oxidation sites excluding steroid dienone is 3. The molecule has 1 N–H and O–H groups in total. The zero-order chi connectivity index (χ0) is 11.1. The summed E-state index contributed by atoms with van der Waals surface area (Å²) in [5, 5.41) is 9.26. The fraction of sp³-hybridized carbons (Fsp3) is 0.583. The highest BCUT2D eigenvalue weighted by Crippen LogP contribution is 2.07. The molecule has 0 amide bonds. The van der Waals surface area contributed by atoms with E-state index in [9.17, 15) is 9.90 Å². The molecule has 0 aliphatic carbocycles. The Balaban J connectivity index is 4.01. The van der Waals surface area contributed by atoms with Crippen molar-refractivity contribution in [3.05, 3.63) is 23.3 Å². The third kappa shape index (κ3) is 6.61. The van der Waals surface area contributed by atoms with E-state index in [-0.39, 0.29) is 5.78 Å². The van der Waals surface area contributed by atoms with Crippen LogP contribution in [0.5, 0.6) is 0 Å². The molecule has 80 valence electrons. The lowest BCUT2D eigenvalue weighted by molar-refractivity contribution is -0.122. The summed E-state index contributed by atoms with van der Waals surface area (Å²) < 4.78 is 0. The normalized spacial score (nSPS) is 13.6. The smallest absolute Gasteiger partial charge is 0.162 e. The van der Waals surface area contributed by atoms with Gasteiger partial charge in [0.25, 0.3) is 0 Å². The van der Waals surface area contributed by atoms with Gasteiger partial charge in [0.05, 0.1) is 0 Å². The van der Waals surface area contributed by atoms with Gasteiger partial charge in [0.15, 0.2) is 5.78 Å². The Morgan fingerprint density at radius 2 is 1.86 bits per heavy atom. The number of rotatable bonds is 5. The highest BCUT2D eigenvalue weighted by atomic mass is 16.3. The minimum atomic E-state index is -0.929. The van der Waals surface area contributed by atoms with Gasteiger partial charge in [-0.3, -0.25) is 4.79 Å². The first kappa shape index (κ1) is 13.1. The predicted octanol–water partition coefficient (Wildman–Crippen LogP) is 2.63. The van der Waals surface area contributed by atoms with E-state index in [4.69, 9.17) is 0 Å². The standard InChI is InChI=1S/C12H20O2/c1-9(2)6-5-7-10(3)8-12(14)11(4)13/h6,8,12,14H,5,7H2,1-4H3/b10-8-/t12-/m1/s1. The molecule has 0 aromatic carbocycles. The lowest BCUT2D eigenvalue weighted by Crippen LogP contribution is -2.13. The molecule has 2 nitrogen and oxygen atoms in total. The molecule has 2 heteroatoms. The van der Waals surface area contributed by atoms with Crippen molar-refractivity contribution >= 4 is 5.78 Å². The average Bonchev–Trinajstić information content (AvgIpc) is 2.02. The summed E-state index contributed by atoms with van der Waals surface area (Å²) in [4.78, 5) is 10.8. The molecule has 0 spiro atoms. The molecule has 0 saturated heterocycles. The van der Waals surface area contributed by atoms with Crippen LogP contribution in [0.2, 0.25) is 0 Å². The number of carbonyl (C=O) groups excluding carboxylic acids is 1. The third-order valence-corrected chi connectivity index (χ3v) is 1.95. The quantitative estimate of drug-likeness (QED) is 0.686. The molecule has 0 fully saturated rings. The van der Waals surface area contributed by atoms with Gasteiger partial charge in [-0.15, -0.1) is 0 Å². The molecular weight excluding hydrogens is 176 g/mol. The monoisotopic (exact) mass is 196 g/mol. The lowest BCUT2D eigenvalue weighted by atomic mass is 10.1. The van der Waals surface area contributed by atoms with E-state index in [0.29, 0.717) is 0 Å². The Morgan fingerprint density at radius 1 is 1.29 bits per heavy atom. The largest absolute Gasteiger partial charge is 0.381 e. The van der Waals surface area contributed by atoms with Crippen LogP contribution < -0.4 is 0 Å². The zero-order valence-electron chi connectivity index (χ0n) is 9.50. The van der Waals surface area contributed by atoms with E-state index in [0.717, 1.165) is 18.4 Å². The van der Waals surface area contributed by atoms with Gasteiger partial charge in [-0.1, -0.05) is 17.2 Å². The van der Waals surface area contributed by atoms with E-state index < -0.39 is 6.10 Å². The summed E-state index contributed by atoms with van der Waals surface area (Å²) in [5.74, 6) is -0.202. The van der Waals surface area contributed by atoms with Crippen molar-refractivity contribution in [2.24, 2.45) is 0 Å². The Kier molecular flexibility index (Phi) is 6.13. The van der Waals surface area contributed by atoms with Crippen LogP contribution in [0.15, 0.2) is 23.3 Å². The first-order valence-corrected chi connectivity index (χ1v) is 4.92. The summed E-state index contributed by atoms with van der Waals surface area (Å²) in [5.41, 5.74) is 2.36. The summed E-state index contributed by atoms with van der Waals surface area (Å²) in [7, 11) is 0. The number of hydrogen-bond acceptors (Lipinski definition) is 2. The summed E-state index contributed by atoms with van der Waals surface area (Å²) in [6, 6.07) is 0. The molecule has 0 radical (unpaired) electrons. The fourth-order valence-electron chi connectivity index (χ4n) is 1.06. The molecule has 0 aliphatic heterocycles. The van der Waals surface area contributed by atoms with E-state index >= 15 is 0 Å². The van der Waals surface area contributed by atoms with Gasteiger partial charge < -0.3 is 5.11 Å². The molecule has 0 bridgehead atoms. The highest BCUT2D eigenvalue weighted by molar-refractivity contribution is 5.82. The number of aliphatic hydroxyl groups excluding tert-OH is 1. The summed E-state index contributed by atoms with van der Waals surface area (Å²) in [6.07, 6.45) is 4.71. The van der Waals surface area contributed by atoms with Crippen molar-refractivity contribution in [1.82, 2.24) is 0 Å².